The molecule has 7 heteroatoms. The van der Waals surface area contributed by atoms with Crippen molar-refractivity contribution in [1.29, 1.82) is 0 Å². The second kappa shape index (κ2) is 9.38. The van der Waals surface area contributed by atoms with Gasteiger partial charge in [0.25, 0.3) is 17.7 Å². The zero-order valence-corrected chi connectivity index (χ0v) is 17.5. The Morgan fingerprint density at radius 3 is 2.06 bits per heavy atom. The summed E-state index contributed by atoms with van der Waals surface area (Å²) in [6, 6.07) is 14.2. The van der Waals surface area contributed by atoms with Crippen LogP contribution in [0.15, 0.2) is 67.3 Å². The van der Waals surface area contributed by atoms with E-state index in [2.05, 4.69) is 6.58 Å². The van der Waals surface area contributed by atoms with E-state index in [-0.39, 0.29) is 17.7 Å². The van der Waals surface area contributed by atoms with Gasteiger partial charge in [-0.2, -0.15) is 0 Å². The number of imide groups is 1. The van der Waals surface area contributed by atoms with Crippen LogP contribution in [0.5, 0.6) is 0 Å². The number of carbonyl (C=O) groups excluding carboxylic acids is 4. The number of benzene rings is 2. The Hall–Kier alpha value is -3.74. The summed E-state index contributed by atoms with van der Waals surface area (Å²) in [7, 11) is 0. The van der Waals surface area contributed by atoms with Gasteiger partial charge < -0.3 is 9.64 Å². The van der Waals surface area contributed by atoms with E-state index >= 15 is 0 Å². The zero-order chi connectivity index (χ0) is 22.5. The maximum absolute atomic E-state index is 12.9. The van der Waals surface area contributed by atoms with Gasteiger partial charge in [0.1, 0.15) is 6.04 Å². The first kappa shape index (κ1) is 22.0. The lowest BCUT2D eigenvalue weighted by molar-refractivity contribution is -0.153. The van der Waals surface area contributed by atoms with Crippen LogP contribution < -0.4 is 4.90 Å². The largest absolute Gasteiger partial charge is 0.454 e. The molecule has 3 rings (SSSR count). The SMILES string of the molecule is C=CCN(C(=O)COC(=O)[C@@H](C(C)C)N1C(=O)c2ccccc2C1=O)c1ccccc1. The number of amides is 3. The number of carbonyl (C=O) groups is 4. The molecule has 0 bridgehead atoms. The number of ether oxygens (including phenoxy) is 1. The summed E-state index contributed by atoms with van der Waals surface area (Å²) in [6.45, 7) is 6.81. The molecular weight excluding hydrogens is 396 g/mol. The molecule has 0 N–H and O–H groups in total. The molecule has 0 aromatic heterocycles. The molecule has 0 aliphatic carbocycles. The number of hydrogen-bond acceptors (Lipinski definition) is 5. The third-order valence-corrected chi connectivity index (χ3v) is 5.00. The number of fused-ring (bicyclic) bond motifs is 1. The van der Waals surface area contributed by atoms with Crippen LogP contribution in [0.25, 0.3) is 0 Å². The van der Waals surface area contributed by atoms with Gasteiger partial charge in [-0.1, -0.05) is 50.3 Å². The van der Waals surface area contributed by atoms with Crippen molar-refractivity contribution in [2.45, 2.75) is 19.9 Å². The highest BCUT2D eigenvalue weighted by molar-refractivity contribution is 6.22. The number of rotatable bonds is 8. The average Bonchev–Trinajstić information content (AvgIpc) is 3.02. The number of esters is 1. The molecule has 160 valence electrons. The summed E-state index contributed by atoms with van der Waals surface area (Å²) in [5.41, 5.74) is 1.15. The highest BCUT2D eigenvalue weighted by Gasteiger charge is 2.44. The van der Waals surface area contributed by atoms with Crippen molar-refractivity contribution >= 4 is 29.4 Å². The lowest BCUT2D eigenvalue weighted by Gasteiger charge is -2.28. The lowest BCUT2D eigenvalue weighted by Crippen LogP contribution is -2.49. The van der Waals surface area contributed by atoms with Gasteiger partial charge in [-0.25, -0.2) is 4.79 Å². The van der Waals surface area contributed by atoms with Crippen LogP contribution in [-0.2, 0) is 14.3 Å². The van der Waals surface area contributed by atoms with Crippen molar-refractivity contribution in [3.05, 3.63) is 78.4 Å². The molecule has 0 radical (unpaired) electrons. The van der Waals surface area contributed by atoms with E-state index < -0.39 is 42.3 Å². The lowest BCUT2D eigenvalue weighted by atomic mass is 10.0. The number of nitrogens with zero attached hydrogens (tertiary/aromatic N) is 2. The molecule has 7 nitrogen and oxygen atoms in total. The van der Waals surface area contributed by atoms with E-state index in [9.17, 15) is 19.2 Å². The molecule has 3 amide bonds. The molecule has 1 aliphatic rings. The van der Waals surface area contributed by atoms with Gasteiger partial charge in [-0.15, -0.1) is 6.58 Å². The van der Waals surface area contributed by atoms with Gasteiger partial charge in [0, 0.05) is 12.2 Å². The summed E-state index contributed by atoms with van der Waals surface area (Å²) in [5, 5.41) is 0. The molecule has 0 unspecified atom stereocenters. The predicted molar refractivity (Wildman–Crippen MR) is 116 cm³/mol. The summed E-state index contributed by atoms with van der Waals surface area (Å²) >= 11 is 0. The quantitative estimate of drug-likeness (QED) is 0.372. The first-order valence-corrected chi connectivity index (χ1v) is 9.96. The molecule has 1 aliphatic heterocycles. The Labute approximate surface area is 180 Å². The van der Waals surface area contributed by atoms with E-state index in [1.165, 1.54) is 4.90 Å². The smallest absolute Gasteiger partial charge is 0.330 e. The second-order valence-electron chi connectivity index (χ2n) is 7.45. The Morgan fingerprint density at radius 1 is 1.00 bits per heavy atom. The van der Waals surface area contributed by atoms with Gasteiger partial charge in [-0.3, -0.25) is 19.3 Å². The second-order valence-corrected chi connectivity index (χ2v) is 7.45. The summed E-state index contributed by atoms with van der Waals surface area (Å²) in [5.74, 6) is -2.72. The first-order chi connectivity index (χ1) is 14.9. The standard InChI is InChI=1S/C24H24N2O5/c1-4-14-25(17-10-6-5-7-11-17)20(27)15-31-24(30)21(16(2)3)26-22(28)18-12-8-9-13-19(18)23(26)29/h4-13,16,21H,1,14-15H2,2-3H3/t21-/m1/s1. The fraction of sp³-hybridized carbons (Fsp3) is 0.250. The molecule has 0 saturated heterocycles. The van der Waals surface area contributed by atoms with Crippen molar-refractivity contribution in [1.82, 2.24) is 4.90 Å². The van der Waals surface area contributed by atoms with Crippen LogP contribution in [-0.4, -0.2) is 47.8 Å². The van der Waals surface area contributed by atoms with Gasteiger partial charge in [0.15, 0.2) is 6.61 Å². The first-order valence-electron chi connectivity index (χ1n) is 9.96. The van der Waals surface area contributed by atoms with Crippen LogP contribution in [0, 0.1) is 5.92 Å². The zero-order valence-electron chi connectivity index (χ0n) is 17.5. The Kier molecular flexibility index (Phi) is 6.65. The minimum absolute atomic E-state index is 0.242. The minimum Gasteiger partial charge on any atom is -0.454 e. The fourth-order valence-corrected chi connectivity index (χ4v) is 3.52. The normalized spacial score (nSPS) is 13.7. The summed E-state index contributed by atoms with van der Waals surface area (Å²) in [4.78, 5) is 53.5. The molecule has 0 fully saturated rings. The van der Waals surface area contributed by atoms with Crippen LogP contribution in [0.2, 0.25) is 0 Å². The van der Waals surface area contributed by atoms with Gasteiger partial charge in [0.05, 0.1) is 11.1 Å². The predicted octanol–water partition coefficient (Wildman–Crippen LogP) is 3.07. The van der Waals surface area contributed by atoms with E-state index in [4.69, 9.17) is 4.74 Å². The van der Waals surface area contributed by atoms with Crippen LogP contribution >= 0.6 is 0 Å². The van der Waals surface area contributed by atoms with Crippen LogP contribution in [0.3, 0.4) is 0 Å². The molecule has 2 aromatic rings. The van der Waals surface area contributed by atoms with Crippen LogP contribution in [0.1, 0.15) is 34.6 Å². The topological polar surface area (TPSA) is 84.0 Å². The molecule has 0 saturated carbocycles. The molecule has 1 atom stereocenters. The third kappa shape index (κ3) is 4.40. The van der Waals surface area contributed by atoms with E-state index in [1.54, 1.807) is 68.5 Å². The van der Waals surface area contributed by atoms with Crippen molar-refractivity contribution in [3.8, 4) is 0 Å². The minimum atomic E-state index is -1.13. The highest BCUT2D eigenvalue weighted by Crippen LogP contribution is 2.27. The maximum Gasteiger partial charge on any atom is 0.330 e. The third-order valence-electron chi connectivity index (χ3n) is 5.00. The van der Waals surface area contributed by atoms with E-state index in [1.807, 2.05) is 6.07 Å². The number of hydrogen-bond donors (Lipinski definition) is 0. The van der Waals surface area contributed by atoms with Crippen molar-refractivity contribution in [2.75, 3.05) is 18.1 Å². The van der Waals surface area contributed by atoms with Gasteiger partial charge in [-0.05, 0) is 30.2 Å². The van der Waals surface area contributed by atoms with Crippen LogP contribution in [0.4, 0.5) is 5.69 Å². The van der Waals surface area contributed by atoms with Crippen molar-refractivity contribution in [2.24, 2.45) is 5.92 Å². The Balaban J connectivity index is 1.75. The highest BCUT2D eigenvalue weighted by atomic mass is 16.5. The Bertz CT molecular complexity index is 981. The van der Waals surface area contributed by atoms with Crippen molar-refractivity contribution < 1.29 is 23.9 Å². The van der Waals surface area contributed by atoms with Gasteiger partial charge in [0.2, 0.25) is 0 Å². The molecule has 1 heterocycles. The number of anilines is 1. The molecule has 0 spiro atoms. The summed E-state index contributed by atoms with van der Waals surface area (Å²) in [6.07, 6.45) is 1.57. The molecular formula is C24H24N2O5. The van der Waals surface area contributed by atoms with Gasteiger partial charge >= 0.3 is 5.97 Å². The monoisotopic (exact) mass is 420 g/mol. The molecule has 31 heavy (non-hydrogen) atoms. The van der Waals surface area contributed by atoms with Crippen molar-refractivity contribution in [3.63, 3.8) is 0 Å². The average molecular weight is 420 g/mol. The number of para-hydroxylation sites is 1. The summed E-state index contributed by atoms with van der Waals surface area (Å²) < 4.78 is 5.27. The maximum atomic E-state index is 12.9. The fourth-order valence-electron chi connectivity index (χ4n) is 3.52. The Morgan fingerprint density at radius 2 is 1.55 bits per heavy atom. The van der Waals surface area contributed by atoms with E-state index in [0.717, 1.165) is 4.90 Å². The molecule has 2 aromatic carbocycles. The van der Waals surface area contributed by atoms with E-state index in [0.29, 0.717) is 5.69 Å².